The molecule has 1 fully saturated rings. The fourth-order valence-electron chi connectivity index (χ4n) is 2.08. The minimum absolute atomic E-state index is 0.0103. The third-order valence-corrected chi connectivity index (χ3v) is 3.16. The van der Waals surface area contributed by atoms with E-state index in [0.717, 1.165) is 45.0 Å². The van der Waals surface area contributed by atoms with Gasteiger partial charge in [-0.1, -0.05) is 6.92 Å². The molecule has 0 aromatic carbocycles. The number of piperazine rings is 1. The highest BCUT2D eigenvalue weighted by molar-refractivity contribution is 5.06. The number of nitrogens with zero attached hydrogens (tertiary/aromatic N) is 2. The zero-order chi connectivity index (χ0) is 11.4. The van der Waals surface area contributed by atoms with Crippen molar-refractivity contribution in [3.05, 3.63) is 23.7 Å². The van der Waals surface area contributed by atoms with Gasteiger partial charge in [-0.25, -0.2) is 0 Å². The van der Waals surface area contributed by atoms with Crippen LogP contribution in [0.1, 0.15) is 18.4 Å². The maximum Gasteiger partial charge on any atom is 0.129 e. The molecule has 1 N–H and O–H groups in total. The molecule has 1 aliphatic rings. The van der Waals surface area contributed by atoms with Crippen LogP contribution in [-0.4, -0.2) is 47.6 Å². The SMILES string of the molecule is CCN1CCN(Cc2ccc(CO)o2)CC1. The monoisotopic (exact) mass is 224 g/mol. The summed E-state index contributed by atoms with van der Waals surface area (Å²) in [6.45, 7) is 8.68. The summed E-state index contributed by atoms with van der Waals surface area (Å²) >= 11 is 0. The van der Waals surface area contributed by atoms with Crippen molar-refractivity contribution < 1.29 is 9.52 Å². The number of aliphatic hydroxyl groups is 1. The van der Waals surface area contributed by atoms with Gasteiger partial charge in [0, 0.05) is 26.2 Å². The van der Waals surface area contributed by atoms with E-state index in [2.05, 4.69) is 16.7 Å². The molecule has 2 rings (SSSR count). The second-order valence-electron chi connectivity index (χ2n) is 4.24. The van der Waals surface area contributed by atoms with Crippen LogP contribution in [0.15, 0.2) is 16.5 Å². The quantitative estimate of drug-likeness (QED) is 0.825. The summed E-state index contributed by atoms with van der Waals surface area (Å²) in [4.78, 5) is 4.85. The Morgan fingerprint density at radius 1 is 1.12 bits per heavy atom. The van der Waals surface area contributed by atoms with Crippen molar-refractivity contribution in [2.24, 2.45) is 0 Å². The largest absolute Gasteiger partial charge is 0.462 e. The Bertz CT molecular complexity index is 317. The molecule has 1 aliphatic heterocycles. The number of likely N-dealkylation sites (N-methyl/N-ethyl adjacent to an activating group) is 1. The zero-order valence-corrected chi connectivity index (χ0v) is 9.85. The predicted octanol–water partition coefficient (Wildman–Crippen LogP) is 0.909. The molecule has 1 aromatic rings. The topological polar surface area (TPSA) is 39.9 Å². The normalized spacial score (nSPS) is 19.1. The second kappa shape index (κ2) is 5.48. The van der Waals surface area contributed by atoms with Crippen molar-refractivity contribution in [1.82, 2.24) is 9.80 Å². The van der Waals surface area contributed by atoms with Crippen molar-refractivity contribution in [1.29, 1.82) is 0 Å². The molecule has 0 saturated carbocycles. The molecular formula is C12H20N2O2. The number of rotatable bonds is 4. The van der Waals surface area contributed by atoms with E-state index >= 15 is 0 Å². The van der Waals surface area contributed by atoms with E-state index < -0.39 is 0 Å². The summed E-state index contributed by atoms with van der Waals surface area (Å²) in [5, 5.41) is 8.91. The molecule has 4 heteroatoms. The fourth-order valence-corrected chi connectivity index (χ4v) is 2.08. The van der Waals surface area contributed by atoms with Gasteiger partial charge >= 0.3 is 0 Å². The van der Waals surface area contributed by atoms with Gasteiger partial charge in [0.05, 0.1) is 6.54 Å². The zero-order valence-electron chi connectivity index (χ0n) is 9.85. The Balaban J connectivity index is 1.82. The van der Waals surface area contributed by atoms with E-state index in [1.54, 1.807) is 0 Å². The van der Waals surface area contributed by atoms with E-state index in [4.69, 9.17) is 9.52 Å². The first-order chi connectivity index (χ1) is 7.81. The number of aliphatic hydroxyl groups excluding tert-OH is 1. The van der Waals surface area contributed by atoms with E-state index in [-0.39, 0.29) is 6.61 Å². The highest BCUT2D eigenvalue weighted by Crippen LogP contribution is 2.12. The maximum atomic E-state index is 8.91. The van der Waals surface area contributed by atoms with E-state index in [1.807, 2.05) is 12.1 Å². The van der Waals surface area contributed by atoms with Crippen molar-refractivity contribution in [3.63, 3.8) is 0 Å². The Labute approximate surface area is 96.5 Å². The summed E-state index contributed by atoms with van der Waals surface area (Å²) in [7, 11) is 0. The molecule has 1 aromatic heterocycles. The van der Waals surface area contributed by atoms with Gasteiger partial charge < -0.3 is 14.4 Å². The minimum atomic E-state index is -0.0103. The van der Waals surface area contributed by atoms with Crippen molar-refractivity contribution in [2.75, 3.05) is 32.7 Å². The van der Waals surface area contributed by atoms with Gasteiger partial charge in [-0.15, -0.1) is 0 Å². The first kappa shape index (κ1) is 11.6. The van der Waals surface area contributed by atoms with Crippen molar-refractivity contribution in [2.45, 2.75) is 20.1 Å². The summed E-state index contributed by atoms with van der Waals surface area (Å²) in [5.74, 6) is 1.61. The Hall–Kier alpha value is -0.840. The molecule has 0 radical (unpaired) electrons. The Kier molecular flexibility index (Phi) is 3.98. The first-order valence-electron chi connectivity index (χ1n) is 5.95. The smallest absolute Gasteiger partial charge is 0.129 e. The Morgan fingerprint density at radius 3 is 2.31 bits per heavy atom. The second-order valence-corrected chi connectivity index (χ2v) is 4.24. The lowest BCUT2D eigenvalue weighted by molar-refractivity contribution is 0.123. The standard InChI is InChI=1S/C12H20N2O2/c1-2-13-5-7-14(8-6-13)9-11-3-4-12(10-15)16-11/h3-4,15H,2,5-10H2,1H3. The molecular weight excluding hydrogens is 204 g/mol. The fraction of sp³-hybridized carbons (Fsp3) is 0.667. The highest BCUT2D eigenvalue weighted by atomic mass is 16.4. The molecule has 16 heavy (non-hydrogen) atoms. The van der Waals surface area contributed by atoms with Crippen LogP contribution in [0.5, 0.6) is 0 Å². The third kappa shape index (κ3) is 2.84. The average Bonchev–Trinajstić information content (AvgIpc) is 2.78. The van der Waals surface area contributed by atoms with Gasteiger partial charge in [0.1, 0.15) is 18.1 Å². The van der Waals surface area contributed by atoms with Crippen LogP contribution >= 0.6 is 0 Å². The lowest BCUT2D eigenvalue weighted by Gasteiger charge is -2.33. The van der Waals surface area contributed by atoms with Crippen LogP contribution in [0.4, 0.5) is 0 Å². The molecule has 1 saturated heterocycles. The average molecular weight is 224 g/mol. The van der Waals surface area contributed by atoms with Crippen LogP contribution in [0.2, 0.25) is 0 Å². The number of hydrogen-bond donors (Lipinski definition) is 1. The molecule has 0 bridgehead atoms. The summed E-state index contributed by atoms with van der Waals surface area (Å²) in [6.07, 6.45) is 0. The Morgan fingerprint density at radius 2 is 1.75 bits per heavy atom. The van der Waals surface area contributed by atoms with Gasteiger partial charge in [-0.3, -0.25) is 4.90 Å². The van der Waals surface area contributed by atoms with Gasteiger partial charge in [0.2, 0.25) is 0 Å². The van der Waals surface area contributed by atoms with E-state index in [9.17, 15) is 0 Å². The molecule has 90 valence electrons. The van der Waals surface area contributed by atoms with Crippen molar-refractivity contribution in [3.8, 4) is 0 Å². The van der Waals surface area contributed by atoms with E-state index in [0.29, 0.717) is 5.76 Å². The third-order valence-electron chi connectivity index (χ3n) is 3.16. The molecule has 0 unspecified atom stereocenters. The number of furan rings is 1. The van der Waals surface area contributed by atoms with Crippen LogP contribution in [0.25, 0.3) is 0 Å². The number of hydrogen-bond acceptors (Lipinski definition) is 4. The van der Waals surface area contributed by atoms with Gasteiger partial charge in [-0.05, 0) is 18.7 Å². The molecule has 2 heterocycles. The summed E-state index contributed by atoms with van der Waals surface area (Å²) in [6, 6.07) is 3.80. The highest BCUT2D eigenvalue weighted by Gasteiger charge is 2.16. The van der Waals surface area contributed by atoms with Gasteiger partial charge in [0.15, 0.2) is 0 Å². The molecule has 0 aliphatic carbocycles. The predicted molar refractivity (Wildman–Crippen MR) is 62.0 cm³/mol. The van der Waals surface area contributed by atoms with Crippen LogP contribution < -0.4 is 0 Å². The lowest BCUT2D eigenvalue weighted by Crippen LogP contribution is -2.45. The first-order valence-corrected chi connectivity index (χ1v) is 5.95. The van der Waals surface area contributed by atoms with Crippen LogP contribution in [-0.2, 0) is 13.2 Å². The van der Waals surface area contributed by atoms with Gasteiger partial charge in [0.25, 0.3) is 0 Å². The van der Waals surface area contributed by atoms with Crippen LogP contribution in [0.3, 0.4) is 0 Å². The van der Waals surface area contributed by atoms with Crippen molar-refractivity contribution >= 4 is 0 Å². The summed E-state index contributed by atoms with van der Waals surface area (Å²) < 4.78 is 5.48. The van der Waals surface area contributed by atoms with Crippen LogP contribution in [0, 0.1) is 0 Å². The molecule has 0 amide bonds. The molecule has 0 atom stereocenters. The van der Waals surface area contributed by atoms with Gasteiger partial charge in [-0.2, -0.15) is 0 Å². The lowest BCUT2D eigenvalue weighted by atomic mass is 10.3. The minimum Gasteiger partial charge on any atom is -0.462 e. The molecule has 0 spiro atoms. The maximum absolute atomic E-state index is 8.91. The summed E-state index contributed by atoms with van der Waals surface area (Å²) in [5.41, 5.74) is 0. The van der Waals surface area contributed by atoms with E-state index in [1.165, 1.54) is 0 Å². The molecule has 4 nitrogen and oxygen atoms in total.